The zero-order chi connectivity index (χ0) is 12.8. The van der Waals surface area contributed by atoms with E-state index in [1.165, 1.54) is 25.0 Å². The molecule has 0 amide bonds. The van der Waals surface area contributed by atoms with Gasteiger partial charge < -0.3 is 15.8 Å². The van der Waals surface area contributed by atoms with E-state index in [0.717, 1.165) is 12.4 Å². The minimum atomic E-state index is 0.527. The summed E-state index contributed by atoms with van der Waals surface area (Å²) in [6.07, 6.45) is 4.00. The van der Waals surface area contributed by atoms with Crippen molar-refractivity contribution in [3.8, 4) is 5.88 Å². The van der Waals surface area contributed by atoms with Crippen LogP contribution in [0.2, 0.25) is 0 Å². The van der Waals surface area contributed by atoms with Crippen LogP contribution in [0.5, 0.6) is 5.88 Å². The summed E-state index contributed by atoms with van der Waals surface area (Å²) in [5.41, 5.74) is 6.39. The van der Waals surface area contributed by atoms with Crippen molar-refractivity contribution in [1.29, 1.82) is 0 Å². The molecule has 0 bridgehead atoms. The second kappa shape index (κ2) is 6.73. The van der Waals surface area contributed by atoms with Crippen LogP contribution in [-0.2, 0) is 0 Å². The fraction of sp³-hybridized carbons (Fsp3) is 0.615. The molecule has 1 aromatic rings. The summed E-state index contributed by atoms with van der Waals surface area (Å²) in [7, 11) is 0. The highest BCUT2D eigenvalue weighted by Gasteiger charge is 2.13. The van der Waals surface area contributed by atoms with Crippen LogP contribution in [0.4, 0.5) is 11.5 Å². The van der Waals surface area contributed by atoms with Crippen molar-refractivity contribution in [2.45, 2.75) is 31.4 Å². The largest absolute Gasteiger partial charge is 0.476 e. The maximum atomic E-state index is 5.80. The molecule has 4 nitrogen and oxygen atoms in total. The predicted molar refractivity (Wildman–Crippen MR) is 78.4 cm³/mol. The third-order valence-corrected chi connectivity index (χ3v) is 4.35. The Balaban J connectivity index is 1.90. The lowest BCUT2D eigenvalue weighted by molar-refractivity contribution is 0.329. The van der Waals surface area contributed by atoms with Gasteiger partial charge in [-0.1, -0.05) is 6.42 Å². The zero-order valence-electron chi connectivity index (χ0n) is 10.8. The molecule has 5 heteroatoms. The molecule has 1 fully saturated rings. The first kappa shape index (κ1) is 13.3. The van der Waals surface area contributed by atoms with Crippen LogP contribution in [0, 0.1) is 0 Å². The third-order valence-electron chi connectivity index (χ3n) is 2.96. The SMILES string of the molecule is CCOc1nc(NCC2CCCCS2)ccc1N. The van der Waals surface area contributed by atoms with Gasteiger partial charge in [-0.15, -0.1) is 0 Å². The second-order valence-electron chi connectivity index (χ2n) is 4.39. The van der Waals surface area contributed by atoms with E-state index in [-0.39, 0.29) is 0 Å². The number of hydrogen-bond acceptors (Lipinski definition) is 5. The van der Waals surface area contributed by atoms with Crippen LogP contribution >= 0.6 is 11.8 Å². The minimum Gasteiger partial charge on any atom is -0.476 e. The van der Waals surface area contributed by atoms with Gasteiger partial charge >= 0.3 is 0 Å². The maximum absolute atomic E-state index is 5.80. The van der Waals surface area contributed by atoms with E-state index >= 15 is 0 Å². The Labute approximate surface area is 113 Å². The van der Waals surface area contributed by atoms with Crippen molar-refractivity contribution >= 4 is 23.3 Å². The molecule has 0 radical (unpaired) electrons. The molecular weight excluding hydrogens is 246 g/mol. The number of pyridine rings is 1. The number of anilines is 2. The van der Waals surface area contributed by atoms with Crippen LogP contribution < -0.4 is 15.8 Å². The summed E-state index contributed by atoms with van der Waals surface area (Å²) >= 11 is 2.05. The highest BCUT2D eigenvalue weighted by Crippen LogP contribution is 2.26. The van der Waals surface area contributed by atoms with Crippen LogP contribution in [0.25, 0.3) is 0 Å². The van der Waals surface area contributed by atoms with Crippen LogP contribution in [-0.4, -0.2) is 29.1 Å². The first-order chi connectivity index (χ1) is 8.79. The number of aromatic nitrogens is 1. The standard InChI is InChI=1S/C13H21N3OS/c1-2-17-13-11(14)6-7-12(16-13)15-9-10-5-3-4-8-18-10/h6-7,10H,2-5,8-9,14H2,1H3,(H,15,16). The number of hydrogen-bond donors (Lipinski definition) is 2. The van der Waals surface area contributed by atoms with Gasteiger partial charge in [-0.2, -0.15) is 16.7 Å². The fourth-order valence-corrected chi connectivity index (χ4v) is 3.23. The molecule has 2 rings (SSSR count). The van der Waals surface area contributed by atoms with Crippen molar-refractivity contribution in [2.75, 3.05) is 30.0 Å². The average Bonchev–Trinajstić information content (AvgIpc) is 2.41. The molecule has 0 spiro atoms. The monoisotopic (exact) mass is 267 g/mol. The summed E-state index contributed by atoms with van der Waals surface area (Å²) in [6.45, 7) is 3.48. The number of nitrogens with zero attached hydrogens (tertiary/aromatic N) is 1. The maximum Gasteiger partial charge on any atom is 0.239 e. The summed E-state index contributed by atoms with van der Waals surface area (Å²) in [4.78, 5) is 4.38. The first-order valence-corrected chi connectivity index (χ1v) is 7.59. The smallest absolute Gasteiger partial charge is 0.239 e. The molecule has 2 heterocycles. The van der Waals surface area contributed by atoms with Crippen molar-refractivity contribution in [3.63, 3.8) is 0 Å². The van der Waals surface area contributed by atoms with Gasteiger partial charge in [0.15, 0.2) is 0 Å². The molecule has 0 saturated carbocycles. The zero-order valence-corrected chi connectivity index (χ0v) is 11.6. The van der Waals surface area contributed by atoms with Crippen molar-refractivity contribution in [2.24, 2.45) is 0 Å². The Morgan fingerprint density at radius 2 is 2.39 bits per heavy atom. The minimum absolute atomic E-state index is 0.527. The van der Waals surface area contributed by atoms with Crippen molar-refractivity contribution < 1.29 is 4.74 Å². The highest BCUT2D eigenvalue weighted by molar-refractivity contribution is 7.99. The Morgan fingerprint density at radius 1 is 1.50 bits per heavy atom. The van der Waals surface area contributed by atoms with E-state index in [9.17, 15) is 0 Å². The molecule has 1 unspecified atom stereocenters. The molecule has 0 aromatic carbocycles. The molecule has 1 atom stereocenters. The Kier molecular flexibility index (Phi) is 4.99. The number of nitrogens with one attached hydrogen (secondary N) is 1. The highest BCUT2D eigenvalue weighted by atomic mass is 32.2. The van der Waals surface area contributed by atoms with Gasteiger partial charge in [0.25, 0.3) is 0 Å². The van der Waals surface area contributed by atoms with E-state index in [1.54, 1.807) is 0 Å². The quantitative estimate of drug-likeness (QED) is 0.859. The van der Waals surface area contributed by atoms with Crippen LogP contribution in [0.1, 0.15) is 26.2 Å². The number of ether oxygens (including phenoxy) is 1. The number of thioether (sulfide) groups is 1. The fourth-order valence-electron chi connectivity index (χ4n) is 1.99. The van der Waals surface area contributed by atoms with Gasteiger partial charge in [-0.3, -0.25) is 0 Å². The summed E-state index contributed by atoms with van der Waals surface area (Å²) in [5, 5.41) is 4.08. The Hall–Kier alpha value is -1.10. The van der Waals surface area contributed by atoms with E-state index < -0.39 is 0 Å². The predicted octanol–water partition coefficient (Wildman–Crippen LogP) is 2.76. The van der Waals surface area contributed by atoms with Crippen LogP contribution in [0.3, 0.4) is 0 Å². The lowest BCUT2D eigenvalue weighted by Crippen LogP contribution is -2.20. The molecule has 1 saturated heterocycles. The molecule has 1 aliphatic heterocycles. The third kappa shape index (κ3) is 3.70. The number of nitrogens with two attached hydrogens (primary N) is 1. The Morgan fingerprint density at radius 3 is 3.11 bits per heavy atom. The number of nitrogen functional groups attached to an aromatic ring is 1. The van der Waals surface area contributed by atoms with Gasteiger partial charge in [0.1, 0.15) is 5.82 Å². The molecule has 3 N–H and O–H groups in total. The van der Waals surface area contributed by atoms with Gasteiger partial charge in [0.2, 0.25) is 5.88 Å². The van der Waals surface area contributed by atoms with Crippen molar-refractivity contribution in [3.05, 3.63) is 12.1 Å². The van der Waals surface area contributed by atoms with Gasteiger partial charge in [0, 0.05) is 11.8 Å². The van der Waals surface area contributed by atoms with E-state index in [0.29, 0.717) is 23.4 Å². The average molecular weight is 267 g/mol. The van der Waals surface area contributed by atoms with E-state index in [4.69, 9.17) is 10.5 Å². The van der Waals surface area contributed by atoms with Gasteiger partial charge in [-0.05, 0) is 37.7 Å². The molecule has 0 aliphatic carbocycles. The van der Waals surface area contributed by atoms with E-state index in [1.807, 2.05) is 19.1 Å². The molecule has 18 heavy (non-hydrogen) atoms. The van der Waals surface area contributed by atoms with Gasteiger partial charge in [-0.25, -0.2) is 0 Å². The normalized spacial score (nSPS) is 19.5. The lowest BCUT2D eigenvalue weighted by atomic mass is 10.2. The Bertz CT molecular complexity index is 380. The first-order valence-electron chi connectivity index (χ1n) is 6.54. The number of rotatable bonds is 5. The second-order valence-corrected chi connectivity index (χ2v) is 5.80. The molecule has 1 aliphatic rings. The van der Waals surface area contributed by atoms with Gasteiger partial charge in [0.05, 0.1) is 12.3 Å². The lowest BCUT2D eigenvalue weighted by Gasteiger charge is -2.21. The summed E-state index contributed by atoms with van der Waals surface area (Å²) in [5.74, 6) is 2.66. The summed E-state index contributed by atoms with van der Waals surface area (Å²) < 4.78 is 5.39. The van der Waals surface area contributed by atoms with E-state index in [2.05, 4.69) is 22.1 Å². The molecule has 100 valence electrons. The molecular formula is C13H21N3OS. The van der Waals surface area contributed by atoms with Crippen LogP contribution in [0.15, 0.2) is 12.1 Å². The topological polar surface area (TPSA) is 60.2 Å². The summed E-state index contributed by atoms with van der Waals surface area (Å²) in [6, 6.07) is 3.75. The van der Waals surface area contributed by atoms with Crippen molar-refractivity contribution in [1.82, 2.24) is 4.98 Å². The molecule has 1 aromatic heterocycles.